The highest BCUT2D eigenvalue weighted by molar-refractivity contribution is 5.21. The van der Waals surface area contributed by atoms with Gasteiger partial charge in [0.2, 0.25) is 0 Å². The van der Waals surface area contributed by atoms with Gasteiger partial charge in [0.05, 0.1) is 5.60 Å². The minimum absolute atomic E-state index is 0.219. The van der Waals surface area contributed by atoms with Crippen LogP contribution in [0.25, 0.3) is 0 Å². The molecule has 1 aliphatic carbocycles. The zero-order chi connectivity index (χ0) is 10.2. The monoisotopic (exact) mass is 194 g/mol. The Hall–Kier alpha value is -0.890. The molecule has 2 atom stereocenters. The second-order valence-electron chi connectivity index (χ2n) is 4.22. The summed E-state index contributed by atoms with van der Waals surface area (Å²) in [4.78, 5) is 0. The molecule has 1 aromatic rings. The molecule has 0 heterocycles. The molecular weight excluding hydrogens is 179 g/mol. The summed E-state index contributed by atoms with van der Waals surface area (Å²) in [5, 5.41) is 10.0. The predicted octanol–water partition coefficient (Wildman–Crippen LogP) is 2.53. The van der Waals surface area contributed by atoms with E-state index in [1.54, 1.807) is 12.1 Å². The molecule has 1 fully saturated rings. The fourth-order valence-corrected chi connectivity index (χ4v) is 2.06. The van der Waals surface area contributed by atoms with Gasteiger partial charge in [0.15, 0.2) is 0 Å². The topological polar surface area (TPSA) is 20.2 Å². The Labute approximate surface area is 83.6 Å². The summed E-state index contributed by atoms with van der Waals surface area (Å²) in [6, 6.07) is 6.39. The summed E-state index contributed by atoms with van der Waals surface area (Å²) >= 11 is 0. The number of hydrogen-bond acceptors (Lipinski definition) is 1. The average Bonchev–Trinajstić information content (AvgIpc) is 2.81. The molecule has 2 unspecified atom stereocenters. The van der Waals surface area contributed by atoms with Crippen LogP contribution in [0, 0.1) is 11.7 Å². The predicted molar refractivity (Wildman–Crippen MR) is 53.5 cm³/mol. The number of halogens is 1. The van der Waals surface area contributed by atoms with Crippen LogP contribution < -0.4 is 0 Å². The van der Waals surface area contributed by atoms with Gasteiger partial charge in [-0.15, -0.1) is 0 Å². The van der Waals surface area contributed by atoms with E-state index in [9.17, 15) is 9.50 Å². The van der Waals surface area contributed by atoms with E-state index in [0.717, 1.165) is 18.4 Å². The van der Waals surface area contributed by atoms with E-state index in [-0.39, 0.29) is 5.82 Å². The molecule has 0 radical (unpaired) electrons. The Morgan fingerprint density at radius 2 is 2.07 bits per heavy atom. The van der Waals surface area contributed by atoms with Gasteiger partial charge >= 0.3 is 0 Å². The fraction of sp³-hybridized carbons (Fsp3) is 0.500. The lowest BCUT2D eigenvalue weighted by molar-refractivity contribution is 0.130. The first-order valence-corrected chi connectivity index (χ1v) is 5.11. The van der Waals surface area contributed by atoms with Crippen LogP contribution in [0.5, 0.6) is 0 Å². The van der Waals surface area contributed by atoms with Crippen LogP contribution in [0.4, 0.5) is 4.39 Å². The van der Waals surface area contributed by atoms with Crippen molar-refractivity contribution >= 4 is 0 Å². The van der Waals surface area contributed by atoms with Crippen molar-refractivity contribution in [3.8, 4) is 0 Å². The third-order valence-electron chi connectivity index (χ3n) is 3.12. The molecule has 1 N–H and O–H groups in total. The van der Waals surface area contributed by atoms with Crippen molar-refractivity contribution in [2.24, 2.45) is 5.92 Å². The maximum absolute atomic E-state index is 12.6. The van der Waals surface area contributed by atoms with Gasteiger partial charge in [0, 0.05) is 6.42 Å². The van der Waals surface area contributed by atoms with Gasteiger partial charge in [0.1, 0.15) is 5.82 Å². The summed E-state index contributed by atoms with van der Waals surface area (Å²) in [5.74, 6) is 0.219. The third kappa shape index (κ3) is 1.80. The molecule has 1 aromatic carbocycles. The highest BCUT2D eigenvalue weighted by Gasteiger charge is 2.50. The second kappa shape index (κ2) is 3.35. The van der Waals surface area contributed by atoms with E-state index in [0.29, 0.717) is 12.3 Å². The SMILES string of the molecule is CCC1CC1(O)Cc1ccc(F)cc1. The standard InChI is InChI=1S/C12H15FO/c1-2-10-8-12(10,14)7-9-3-5-11(13)6-4-9/h3-6,10,14H,2,7-8H2,1H3. The van der Waals surface area contributed by atoms with Crippen LogP contribution in [-0.4, -0.2) is 10.7 Å². The van der Waals surface area contributed by atoms with Crippen molar-refractivity contribution in [1.29, 1.82) is 0 Å². The van der Waals surface area contributed by atoms with Crippen LogP contribution in [0.1, 0.15) is 25.3 Å². The van der Waals surface area contributed by atoms with Gasteiger partial charge < -0.3 is 5.11 Å². The molecule has 1 saturated carbocycles. The number of benzene rings is 1. The Balaban J connectivity index is 2.02. The van der Waals surface area contributed by atoms with E-state index < -0.39 is 5.60 Å². The van der Waals surface area contributed by atoms with Gasteiger partial charge in [-0.05, 0) is 30.0 Å². The molecule has 0 amide bonds. The van der Waals surface area contributed by atoms with E-state index in [1.807, 2.05) is 0 Å². The van der Waals surface area contributed by atoms with Crippen molar-refractivity contribution < 1.29 is 9.50 Å². The molecule has 14 heavy (non-hydrogen) atoms. The van der Waals surface area contributed by atoms with Crippen molar-refractivity contribution in [2.75, 3.05) is 0 Å². The van der Waals surface area contributed by atoms with Gasteiger partial charge in [-0.2, -0.15) is 0 Å². The molecule has 0 bridgehead atoms. The number of rotatable bonds is 3. The van der Waals surface area contributed by atoms with Gasteiger partial charge in [0.25, 0.3) is 0 Å². The van der Waals surface area contributed by atoms with Crippen LogP contribution in [0.2, 0.25) is 0 Å². The molecule has 0 spiro atoms. The minimum Gasteiger partial charge on any atom is -0.389 e. The van der Waals surface area contributed by atoms with Crippen LogP contribution in [0.15, 0.2) is 24.3 Å². The van der Waals surface area contributed by atoms with Gasteiger partial charge in [-0.25, -0.2) is 4.39 Å². The molecule has 2 heteroatoms. The Morgan fingerprint density at radius 1 is 1.43 bits per heavy atom. The lowest BCUT2D eigenvalue weighted by atomic mass is 10.0. The van der Waals surface area contributed by atoms with Crippen LogP contribution in [-0.2, 0) is 6.42 Å². The van der Waals surface area contributed by atoms with Crippen molar-refractivity contribution in [3.63, 3.8) is 0 Å². The lowest BCUT2D eigenvalue weighted by Gasteiger charge is -2.09. The highest BCUT2D eigenvalue weighted by atomic mass is 19.1. The highest BCUT2D eigenvalue weighted by Crippen LogP contribution is 2.47. The first-order chi connectivity index (χ1) is 6.64. The first kappa shape index (κ1) is 9.66. The Bertz CT molecular complexity index is 320. The van der Waals surface area contributed by atoms with Crippen LogP contribution >= 0.6 is 0 Å². The van der Waals surface area contributed by atoms with Gasteiger partial charge in [-0.3, -0.25) is 0 Å². The van der Waals surface area contributed by atoms with Crippen LogP contribution in [0.3, 0.4) is 0 Å². The summed E-state index contributed by atoms with van der Waals surface area (Å²) in [5.41, 5.74) is 0.511. The van der Waals surface area contributed by atoms with E-state index in [2.05, 4.69) is 6.92 Å². The lowest BCUT2D eigenvalue weighted by Crippen LogP contribution is -2.14. The normalized spacial score (nSPS) is 30.4. The maximum Gasteiger partial charge on any atom is 0.123 e. The molecular formula is C12H15FO. The van der Waals surface area contributed by atoms with E-state index in [4.69, 9.17) is 0 Å². The average molecular weight is 194 g/mol. The Morgan fingerprint density at radius 3 is 2.57 bits per heavy atom. The van der Waals surface area contributed by atoms with E-state index in [1.165, 1.54) is 12.1 Å². The van der Waals surface area contributed by atoms with Crippen molar-refractivity contribution in [1.82, 2.24) is 0 Å². The van der Waals surface area contributed by atoms with Crippen molar-refractivity contribution in [2.45, 2.75) is 31.8 Å². The first-order valence-electron chi connectivity index (χ1n) is 5.11. The van der Waals surface area contributed by atoms with Gasteiger partial charge in [-0.1, -0.05) is 25.5 Å². The summed E-state index contributed by atoms with van der Waals surface area (Å²) in [7, 11) is 0. The largest absolute Gasteiger partial charge is 0.389 e. The summed E-state index contributed by atoms with van der Waals surface area (Å²) in [6.07, 6.45) is 2.57. The quantitative estimate of drug-likeness (QED) is 0.784. The molecule has 0 saturated heterocycles. The van der Waals surface area contributed by atoms with E-state index >= 15 is 0 Å². The molecule has 76 valence electrons. The minimum atomic E-state index is -0.507. The maximum atomic E-state index is 12.6. The number of aliphatic hydroxyl groups is 1. The molecule has 2 rings (SSSR count). The molecule has 1 aliphatic rings. The molecule has 0 aliphatic heterocycles. The molecule has 0 aromatic heterocycles. The van der Waals surface area contributed by atoms with Crippen molar-refractivity contribution in [3.05, 3.63) is 35.6 Å². The molecule has 1 nitrogen and oxygen atoms in total. The smallest absolute Gasteiger partial charge is 0.123 e. The number of hydrogen-bond donors (Lipinski definition) is 1. The summed E-state index contributed by atoms with van der Waals surface area (Å²) < 4.78 is 12.6. The Kier molecular flexibility index (Phi) is 2.31. The third-order valence-corrected chi connectivity index (χ3v) is 3.12. The zero-order valence-electron chi connectivity index (χ0n) is 8.33. The second-order valence-corrected chi connectivity index (χ2v) is 4.22. The fourth-order valence-electron chi connectivity index (χ4n) is 2.06. The zero-order valence-corrected chi connectivity index (χ0v) is 8.33. The summed E-state index contributed by atoms with van der Waals surface area (Å²) in [6.45, 7) is 2.09.